The molecule has 1 heterocycles. The fourth-order valence-corrected chi connectivity index (χ4v) is 1.81. The van der Waals surface area contributed by atoms with Crippen LogP contribution in [0.15, 0.2) is 18.2 Å². The van der Waals surface area contributed by atoms with E-state index in [0.29, 0.717) is 17.9 Å². The molecule has 92 valence electrons. The van der Waals surface area contributed by atoms with Gasteiger partial charge in [0.25, 0.3) is 0 Å². The van der Waals surface area contributed by atoms with Gasteiger partial charge in [0.1, 0.15) is 0 Å². The largest absolute Gasteiger partial charge is 0.416 e. The monoisotopic (exact) mass is 244 g/mol. The van der Waals surface area contributed by atoms with Crippen LogP contribution in [0.2, 0.25) is 0 Å². The third-order valence-corrected chi connectivity index (χ3v) is 2.66. The zero-order valence-electron chi connectivity index (χ0n) is 9.14. The first-order valence-electron chi connectivity index (χ1n) is 5.18. The van der Waals surface area contributed by atoms with Crippen molar-refractivity contribution in [2.24, 2.45) is 0 Å². The molecule has 1 aliphatic rings. The third kappa shape index (κ3) is 2.20. The number of benzene rings is 1. The van der Waals surface area contributed by atoms with Crippen LogP contribution in [-0.4, -0.2) is 19.0 Å². The highest BCUT2D eigenvalue weighted by molar-refractivity contribution is 6.01. The SMILES string of the molecule is CCN1CC(=O)Nc2ccc(C(F)(F)F)cc21. The molecule has 1 N–H and O–H groups in total. The number of nitrogens with one attached hydrogen (secondary N) is 1. The molecule has 0 atom stereocenters. The van der Waals surface area contributed by atoms with E-state index in [4.69, 9.17) is 0 Å². The Bertz CT molecular complexity index is 457. The minimum Gasteiger partial charge on any atom is -0.361 e. The second kappa shape index (κ2) is 3.94. The minimum atomic E-state index is -4.37. The number of halogens is 3. The molecule has 6 heteroatoms. The summed E-state index contributed by atoms with van der Waals surface area (Å²) in [6, 6.07) is 3.33. The lowest BCUT2D eigenvalue weighted by atomic mass is 10.1. The van der Waals surface area contributed by atoms with Crippen LogP contribution < -0.4 is 10.2 Å². The second-order valence-corrected chi connectivity index (χ2v) is 3.79. The van der Waals surface area contributed by atoms with Crippen LogP contribution in [0.3, 0.4) is 0 Å². The number of carbonyl (C=O) groups is 1. The highest BCUT2D eigenvalue weighted by Gasteiger charge is 2.32. The second-order valence-electron chi connectivity index (χ2n) is 3.79. The molecule has 0 bridgehead atoms. The highest BCUT2D eigenvalue weighted by Crippen LogP contribution is 2.36. The minimum absolute atomic E-state index is 0.0881. The molecule has 17 heavy (non-hydrogen) atoms. The molecular formula is C11H11F3N2O. The zero-order valence-corrected chi connectivity index (χ0v) is 9.14. The van der Waals surface area contributed by atoms with Crippen molar-refractivity contribution >= 4 is 17.3 Å². The van der Waals surface area contributed by atoms with Crippen molar-refractivity contribution in [3.05, 3.63) is 23.8 Å². The average Bonchev–Trinajstić information content (AvgIpc) is 2.25. The summed E-state index contributed by atoms with van der Waals surface area (Å²) in [6.07, 6.45) is -4.37. The molecule has 0 radical (unpaired) electrons. The van der Waals surface area contributed by atoms with Gasteiger partial charge in [-0.15, -0.1) is 0 Å². The van der Waals surface area contributed by atoms with Crippen LogP contribution in [0, 0.1) is 0 Å². The molecule has 1 aromatic carbocycles. The van der Waals surface area contributed by atoms with Crippen molar-refractivity contribution in [1.82, 2.24) is 0 Å². The maximum atomic E-state index is 12.6. The lowest BCUT2D eigenvalue weighted by Gasteiger charge is -2.30. The Morgan fingerprint density at radius 3 is 2.71 bits per heavy atom. The molecule has 1 aromatic rings. The van der Waals surface area contributed by atoms with Crippen molar-refractivity contribution in [3.8, 4) is 0 Å². The van der Waals surface area contributed by atoms with Crippen LogP contribution in [0.5, 0.6) is 0 Å². The smallest absolute Gasteiger partial charge is 0.361 e. The van der Waals surface area contributed by atoms with Crippen LogP contribution in [0.4, 0.5) is 24.5 Å². The average molecular weight is 244 g/mol. The van der Waals surface area contributed by atoms with E-state index in [1.165, 1.54) is 6.07 Å². The van der Waals surface area contributed by atoms with Gasteiger partial charge in [-0.2, -0.15) is 13.2 Å². The quantitative estimate of drug-likeness (QED) is 0.823. The summed E-state index contributed by atoms with van der Waals surface area (Å²) in [5.41, 5.74) is 0.142. The van der Waals surface area contributed by atoms with Crippen molar-refractivity contribution in [2.45, 2.75) is 13.1 Å². The Kier molecular flexibility index (Phi) is 2.73. The molecule has 3 nitrogen and oxygen atoms in total. The normalized spacial score (nSPS) is 15.5. The number of amides is 1. The van der Waals surface area contributed by atoms with E-state index in [2.05, 4.69) is 5.32 Å². The van der Waals surface area contributed by atoms with Crippen molar-refractivity contribution < 1.29 is 18.0 Å². The van der Waals surface area contributed by atoms with Gasteiger partial charge in [0, 0.05) is 6.54 Å². The Labute approximate surface area is 96.2 Å². The molecule has 0 aliphatic carbocycles. The standard InChI is InChI=1S/C11H11F3N2O/c1-2-16-6-10(17)15-8-4-3-7(5-9(8)16)11(12,13)14/h3-5H,2,6H2,1H3,(H,15,17). The van der Waals surface area contributed by atoms with E-state index in [1.54, 1.807) is 11.8 Å². The first-order valence-corrected chi connectivity index (χ1v) is 5.18. The van der Waals surface area contributed by atoms with Crippen molar-refractivity contribution in [3.63, 3.8) is 0 Å². The number of alkyl halides is 3. The zero-order chi connectivity index (χ0) is 12.6. The molecule has 2 rings (SSSR count). The molecule has 0 spiro atoms. The summed E-state index contributed by atoms with van der Waals surface area (Å²) in [5.74, 6) is -0.209. The molecular weight excluding hydrogens is 233 g/mol. The molecule has 0 unspecified atom stereocenters. The number of anilines is 2. The summed E-state index contributed by atoms with van der Waals surface area (Å²) < 4.78 is 37.7. The summed E-state index contributed by atoms with van der Waals surface area (Å²) in [6.45, 7) is 2.37. The van der Waals surface area contributed by atoms with E-state index in [1.807, 2.05) is 0 Å². The molecule has 0 saturated carbocycles. The third-order valence-electron chi connectivity index (χ3n) is 2.66. The number of hydrogen-bond donors (Lipinski definition) is 1. The molecule has 0 aromatic heterocycles. The molecule has 1 aliphatic heterocycles. The van der Waals surface area contributed by atoms with Crippen molar-refractivity contribution in [1.29, 1.82) is 0 Å². The van der Waals surface area contributed by atoms with Gasteiger partial charge in [0.2, 0.25) is 5.91 Å². The van der Waals surface area contributed by atoms with Crippen LogP contribution >= 0.6 is 0 Å². The molecule has 1 amide bonds. The van der Waals surface area contributed by atoms with Gasteiger partial charge in [-0.05, 0) is 25.1 Å². The Morgan fingerprint density at radius 2 is 2.12 bits per heavy atom. The fourth-order valence-electron chi connectivity index (χ4n) is 1.81. The van der Waals surface area contributed by atoms with E-state index >= 15 is 0 Å². The predicted molar refractivity (Wildman–Crippen MR) is 58.0 cm³/mol. The fraction of sp³-hybridized carbons (Fsp3) is 0.364. The number of likely N-dealkylation sites (N-methyl/N-ethyl adjacent to an activating group) is 1. The highest BCUT2D eigenvalue weighted by atomic mass is 19.4. The molecule has 0 saturated heterocycles. The summed E-state index contributed by atoms with van der Waals surface area (Å²) in [5, 5.41) is 2.55. The Hall–Kier alpha value is -1.72. The van der Waals surface area contributed by atoms with Gasteiger partial charge in [-0.1, -0.05) is 0 Å². The van der Waals surface area contributed by atoms with Gasteiger partial charge in [0.15, 0.2) is 0 Å². The summed E-state index contributed by atoms with van der Waals surface area (Å²) in [4.78, 5) is 12.9. The molecule has 0 fully saturated rings. The maximum Gasteiger partial charge on any atom is 0.416 e. The lowest BCUT2D eigenvalue weighted by molar-refractivity contribution is -0.137. The van der Waals surface area contributed by atoms with E-state index in [-0.39, 0.29) is 12.5 Å². The Balaban J connectivity index is 2.46. The Morgan fingerprint density at radius 1 is 1.41 bits per heavy atom. The van der Waals surface area contributed by atoms with Gasteiger partial charge in [-0.3, -0.25) is 4.79 Å². The van der Waals surface area contributed by atoms with E-state index < -0.39 is 11.7 Å². The first-order chi connectivity index (χ1) is 7.91. The van der Waals surface area contributed by atoms with Crippen LogP contribution in [-0.2, 0) is 11.0 Å². The van der Waals surface area contributed by atoms with Gasteiger partial charge >= 0.3 is 6.18 Å². The van der Waals surface area contributed by atoms with E-state index in [9.17, 15) is 18.0 Å². The van der Waals surface area contributed by atoms with Gasteiger partial charge < -0.3 is 10.2 Å². The summed E-state index contributed by atoms with van der Waals surface area (Å²) >= 11 is 0. The van der Waals surface area contributed by atoms with Crippen molar-refractivity contribution in [2.75, 3.05) is 23.3 Å². The number of hydrogen-bond acceptors (Lipinski definition) is 2. The predicted octanol–water partition coefficient (Wildman–Crippen LogP) is 2.48. The van der Waals surface area contributed by atoms with Crippen LogP contribution in [0.1, 0.15) is 12.5 Å². The maximum absolute atomic E-state index is 12.6. The first kappa shape index (κ1) is 11.8. The van der Waals surface area contributed by atoms with Gasteiger partial charge in [0.05, 0.1) is 23.5 Å². The van der Waals surface area contributed by atoms with Gasteiger partial charge in [-0.25, -0.2) is 0 Å². The number of carbonyl (C=O) groups excluding carboxylic acids is 1. The number of nitrogens with zero attached hydrogens (tertiary/aromatic N) is 1. The topological polar surface area (TPSA) is 32.3 Å². The van der Waals surface area contributed by atoms with Crippen LogP contribution in [0.25, 0.3) is 0 Å². The van der Waals surface area contributed by atoms with E-state index in [0.717, 1.165) is 12.1 Å². The lowest BCUT2D eigenvalue weighted by Crippen LogP contribution is -2.38. The number of rotatable bonds is 1. The number of fused-ring (bicyclic) bond motifs is 1. The summed E-state index contributed by atoms with van der Waals surface area (Å²) in [7, 11) is 0.